The van der Waals surface area contributed by atoms with Gasteiger partial charge in [-0.1, -0.05) is 0 Å². The number of hydrogen-bond donors (Lipinski definition) is 1. The summed E-state index contributed by atoms with van der Waals surface area (Å²) in [6.07, 6.45) is 2.28. The lowest BCUT2D eigenvalue weighted by Crippen LogP contribution is -2.45. The quantitative estimate of drug-likeness (QED) is 0.663. The highest BCUT2D eigenvalue weighted by Gasteiger charge is 2.29. The van der Waals surface area contributed by atoms with Crippen molar-refractivity contribution in [3.63, 3.8) is 0 Å². The van der Waals surface area contributed by atoms with Crippen molar-refractivity contribution >= 4 is 17.3 Å². The van der Waals surface area contributed by atoms with Crippen molar-refractivity contribution in [2.24, 2.45) is 0 Å². The van der Waals surface area contributed by atoms with Gasteiger partial charge in [0, 0.05) is 18.7 Å². The minimum atomic E-state index is -0.774. The average Bonchev–Trinajstić information content (AvgIpc) is 2.53. The fourth-order valence-electron chi connectivity index (χ4n) is 2.55. The number of piperidine rings is 1. The summed E-state index contributed by atoms with van der Waals surface area (Å²) in [7, 11) is 0. The number of hydrogen-bond acceptors (Lipinski definition) is 6. The van der Waals surface area contributed by atoms with Crippen molar-refractivity contribution in [3.05, 3.63) is 44.0 Å². The van der Waals surface area contributed by atoms with Gasteiger partial charge in [-0.05, 0) is 19.3 Å². The molecule has 0 radical (unpaired) electrons. The number of nitrogens with zero attached hydrogens (tertiary/aromatic N) is 3. The lowest BCUT2D eigenvalue weighted by atomic mass is 10.0. The number of amides is 1. The largest absolute Gasteiger partial charge is 0.394 e. The van der Waals surface area contributed by atoms with Gasteiger partial charge in [0.1, 0.15) is 0 Å². The lowest BCUT2D eigenvalue weighted by Gasteiger charge is -2.34. The first-order chi connectivity index (χ1) is 10.4. The first-order valence-corrected chi connectivity index (χ1v) is 6.79. The van der Waals surface area contributed by atoms with E-state index in [4.69, 9.17) is 0 Å². The SMILES string of the molecule is O=C(c1cc([N+](=O)[O-])cc([N+](=O)[O-])c1)N1CCCCC1CO. The fraction of sp³-hybridized carbons (Fsp3) is 0.462. The Hall–Kier alpha value is -2.55. The predicted molar refractivity (Wildman–Crippen MR) is 75.5 cm³/mol. The molecule has 0 saturated carbocycles. The van der Waals surface area contributed by atoms with Crippen LogP contribution >= 0.6 is 0 Å². The maximum Gasteiger partial charge on any atom is 0.277 e. The summed E-state index contributed by atoms with van der Waals surface area (Å²) in [5.74, 6) is -0.537. The van der Waals surface area contributed by atoms with E-state index in [1.54, 1.807) is 0 Å². The Morgan fingerprint density at radius 3 is 2.27 bits per heavy atom. The van der Waals surface area contributed by atoms with E-state index in [0.29, 0.717) is 13.0 Å². The maximum absolute atomic E-state index is 12.5. The predicted octanol–water partition coefficient (Wildman–Crippen LogP) is 1.49. The highest BCUT2D eigenvalue weighted by Crippen LogP contribution is 2.26. The number of rotatable bonds is 4. The second-order valence-electron chi connectivity index (χ2n) is 5.08. The Balaban J connectivity index is 2.39. The molecule has 1 N–H and O–H groups in total. The Morgan fingerprint density at radius 1 is 1.18 bits per heavy atom. The number of nitro benzene ring substituents is 2. The zero-order valence-corrected chi connectivity index (χ0v) is 11.7. The number of benzene rings is 1. The second kappa shape index (κ2) is 6.48. The van der Waals surface area contributed by atoms with Gasteiger partial charge in [0.15, 0.2) is 0 Å². The number of aliphatic hydroxyl groups is 1. The van der Waals surface area contributed by atoms with Gasteiger partial charge in [-0.3, -0.25) is 25.0 Å². The van der Waals surface area contributed by atoms with Crippen molar-refractivity contribution in [2.45, 2.75) is 25.3 Å². The molecule has 22 heavy (non-hydrogen) atoms. The third-order valence-electron chi connectivity index (χ3n) is 3.67. The van der Waals surface area contributed by atoms with Crippen LogP contribution in [-0.2, 0) is 0 Å². The van der Waals surface area contributed by atoms with Crippen LogP contribution in [0.1, 0.15) is 29.6 Å². The van der Waals surface area contributed by atoms with Crippen LogP contribution in [0, 0.1) is 20.2 Å². The highest BCUT2D eigenvalue weighted by molar-refractivity contribution is 5.96. The zero-order valence-electron chi connectivity index (χ0n) is 11.7. The molecular weight excluding hydrogens is 294 g/mol. The first kappa shape index (κ1) is 15.8. The number of carbonyl (C=O) groups excluding carboxylic acids is 1. The molecule has 1 aliphatic heterocycles. The number of aliphatic hydroxyl groups excluding tert-OH is 1. The van der Waals surface area contributed by atoms with Gasteiger partial charge in [-0.25, -0.2) is 0 Å². The molecule has 9 nitrogen and oxygen atoms in total. The van der Waals surface area contributed by atoms with E-state index in [2.05, 4.69) is 0 Å². The van der Waals surface area contributed by atoms with E-state index in [1.165, 1.54) is 4.90 Å². The van der Waals surface area contributed by atoms with Crippen LogP contribution in [0.2, 0.25) is 0 Å². The normalized spacial score (nSPS) is 18.0. The summed E-state index contributed by atoms with van der Waals surface area (Å²) < 4.78 is 0. The van der Waals surface area contributed by atoms with Crippen LogP contribution in [0.15, 0.2) is 18.2 Å². The van der Waals surface area contributed by atoms with E-state index < -0.39 is 27.1 Å². The molecular formula is C13H15N3O6. The fourth-order valence-corrected chi connectivity index (χ4v) is 2.55. The van der Waals surface area contributed by atoms with Gasteiger partial charge in [0.2, 0.25) is 0 Å². The van der Waals surface area contributed by atoms with Gasteiger partial charge in [-0.15, -0.1) is 0 Å². The Kier molecular flexibility index (Phi) is 4.66. The van der Waals surface area contributed by atoms with Crippen LogP contribution in [0.4, 0.5) is 11.4 Å². The summed E-state index contributed by atoms with van der Waals surface area (Å²) in [6, 6.07) is 2.51. The third kappa shape index (κ3) is 3.19. The van der Waals surface area contributed by atoms with Crippen LogP contribution in [0.5, 0.6) is 0 Å². The average molecular weight is 309 g/mol. The van der Waals surface area contributed by atoms with Crippen LogP contribution in [0.3, 0.4) is 0 Å². The summed E-state index contributed by atoms with van der Waals surface area (Å²) in [5, 5.41) is 31.1. The minimum absolute atomic E-state index is 0.110. The van der Waals surface area contributed by atoms with E-state index in [-0.39, 0.29) is 18.2 Å². The maximum atomic E-state index is 12.5. The van der Waals surface area contributed by atoms with Gasteiger partial charge >= 0.3 is 0 Å². The molecule has 1 unspecified atom stereocenters. The molecule has 1 aliphatic rings. The van der Waals surface area contributed by atoms with Gasteiger partial charge in [0.05, 0.1) is 34.1 Å². The Labute approximate surface area is 125 Å². The minimum Gasteiger partial charge on any atom is -0.394 e. The molecule has 0 spiro atoms. The molecule has 1 atom stereocenters. The number of carbonyl (C=O) groups is 1. The van der Waals surface area contributed by atoms with Crippen molar-refractivity contribution in [1.82, 2.24) is 4.90 Å². The molecule has 1 aromatic rings. The van der Waals surface area contributed by atoms with Crippen molar-refractivity contribution < 1.29 is 19.7 Å². The number of non-ortho nitro benzene ring substituents is 2. The number of likely N-dealkylation sites (tertiary alicyclic amines) is 1. The summed E-state index contributed by atoms with van der Waals surface area (Å²) >= 11 is 0. The van der Waals surface area contributed by atoms with Gasteiger partial charge < -0.3 is 10.0 Å². The van der Waals surface area contributed by atoms with Crippen molar-refractivity contribution in [2.75, 3.05) is 13.2 Å². The van der Waals surface area contributed by atoms with Gasteiger partial charge in [0.25, 0.3) is 17.3 Å². The standard InChI is InChI=1S/C13H15N3O6/c17-8-10-3-1-2-4-14(10)13(18)9-5-11(15(19)20)7-12(6-9)16(21)22/h5-7,10,17H,1-4,8H2. The van der Waals surface area contributed by atoms with Gasteiger partial charge in [-0.2, -0.15) is 0 Å². The van der Waals surface area contributed by atoms with Crippen molar-refractivity contribution in [1.29, 1.82) is 0 Å². The van der Waals surface area contributed by atoms with Crippen LogP contribution in [0.25, 0.3) is 0 Å². The lowest BCUT2D eigenvalue weighted by molar-refractivity contribution is -0.394. The van der Waals surface area contributed by atoms with E-state index in [0.717, 1.165) is 31.0 Å². The van der Waals surface area contributed by atoms with Crippen LogP contribution in [-0.4, -0.2) is 45.0 Å². The molecule has 1 amide bonds. The third-order valence-corrected chi connectivity index (χ3v) is 3.67. The molecule has 1 aromatic carbocycles. The number of nitro groups is 2. The molecule has 9 heteroatoms. The van der Waals surface area contributed by atoms with Crippen molar-refractivity contribution in [3.8, 4) is 0 Å². The summed E-state index contributed by atoms with van der Waals surface area (Å²) in [6.45, 7) is 0.212. The smallest absolute Gasteiger partial charge is 0.277 e. The molecule has 1 fully saturated rings. The topological polar surface area (TPSA) is 127 Å². The zero-order chi connectivity index (χ0) is 16.3. The molecule has 1 heterocycles. The van der Waals surface area contributed by atoms with E-state index in [1.807, 2.05) is 0 Å². The first-order valence-electron chi connectivity index (χ1n) is 6.79. The molecule has 0 bridgehead atoms. The van der Waals surface area contributed by atoms with E-state index >= 15 is 0 Å². The Morgan fingerprint density at radius 2 is 1.77 bits per heavy atom. The Bertz CT molecular complexity index is 586. The molecule has 0 aliphatic carbocycles. The summed E-state index contributed by atoms with van der Waals surface area (Å²) in [4.78, 5) is 34.1. The summed E-state index contributed by atoms with van der Waals surface area (Å²) in [5.41, 5.74) is -1.12. The molecule has 0 aromatic heterocycles. The second-order valence-corrected chi connectivity index (χ2v) is 5.08. The van der Waals surface area contributed by atoms with Crippen LogP contribution < -0.4 is 0 Å². The molecule has 2 rings (SSSR count). The molecule has 1 saturated heterocycles. The van der Waals surface area contributed by atoms with E-state index in [9.17, 15) is 30.1 Å². The monoisotopic (exact) mass is 309 g/mol. The highest BCUT2D eigenvalue weighted by atomic mass is 16.6. The molecule has 118 valence electrons.